The van der Waals surface area contributed by atoms with Crippen molar-refractivity contribution in [2.75, 3.05) is 6.61 Å². The van der Waals surface area contributed by atoms with E-state index in [1.165, 1.54) is 6.07 Å². The number of hydrogen-bond acceptors (Lipinski definition) is 2. The lowest BCUT2D eigenvalue weighted by Crippen LogP contribution is -2.11. The van der Waals surface area contributed by atoms with Gasteiger partial charge in [-0.25, -0.2) is 8.78 Å². The summed E-state index contributed by atoms with van der Waals surface area (Å²) >= 11 is 0. The van der Waals surface area contributed by atoms with Gasteiger partial charge in [0.2, 0.25) is 0 Å². The molecule has 1 heterocycles. The quantitative estimate of drug-likeness (QED) is 0.791. The van der Waals surface area contributed by atoms with Crippen LogP contribution in [0, 0.1) is 11.6 Å². The van der Waals surface area contributed by atoms with Crippen LogP contribution in [0.25, 0.3) is 0 Å². The van der Waals surface area contributed by atoms with E-state index in [0.29, 0.717) is 12.2 Å². The summed E-state index contributed by atoms with van der Waals surface area (Å²) in [6, 6.07) is 3.87. The number of halogens is 2. The van der Waals surface area contributed by atoms with Crippen molar-refractivity contribution >= 4 is 0 Å². The van der Waals surface area contributed by atoms with Gasteiger partial charge in [0, 0.05) is 13.0 Å². The molecule has 4 heteroatoms. The van der Waals surface area contributed by atoms with Crippen molar-refractivity contribution < 1.29 is 18.3 Å². The Bertz CT molecular complexity index is 368. The smallest absolute Gasteiger partial charge is 0.159 e. The summed E-state index contributed by atoms with van der Waals surface area (Å²) in [5.41, 5.74) is 0.668. The van der Waals surface area contributed by atoms with Crippen molar-refractivity contribution in [1.82, 2.24) is 0 Å². The molecule has 0 N–H and O–H groups in total. The number of rotatable bonds is 3. The van der Waals surface area contributed by atoms with E-state index in [1.54, 1.807) is 6.07 Å². The van der Waals surface area contributed by atoms with E-state index in [9.17, 15) is 8.78 Å². The molecular weight excluding hydrogens is 214 g/mol. The third-order valence-electron chi connectivity index (χ3n) is 2.65. The molecule has 0 spiro atoms. The van der Waals surface area contributed by atoms with Crippen LogP contribution in [-0.2, 0) is 9.47 Å². The first-order valence-corrected chi connectivity index (χ1v) is 5.42. The average Bonchev–Trinajstić information content (AvgIpc) is 2.71. The van der Waals surface area contributed by atoms with E-state index in [0.717, 1.165) is 18.9 Å². The summed E-state index contributed by atoms with van der Waals surface area (Å²) in [6.07, 6.45) is 1.16. The molecule has 2 unspecified atom stereocenters. The van der Waals surface area contributed by atoms with Gasteiger partial charge >= 0.3 is 0 Å². The molecule has 2 atom stereocenters. The molecule has 0 saturated carbocycles. The molecule has 0 radical (unpaired) electrons. The van der Waals surface area contributed by atoms with Gasteiger partial charge in [-0.3, -0.25) is 0 Å². The summed E-state index contributed by atoms with van der Waals surface area (Å²) in [7, 11) is 0. The van der Waals surface area contributed by atoms with Crippen LogP contribution in [0.5, 0.6) is 0 Å². The Balaban J connectivity index is 2.05. The van der Waals surface area contributed by atoms with Gasteiger partial charge in [0.05, 0.1) is 6.10 Å². The van der Waals surface area contributed by atoms with Gasteiger partial charge in [0.1, 0.15) is 0 Å². The molecule has 1 aromatic rings. The number of ether oxygens (including phenoxy) is 2. The zero-order chi connectivity index (χ0) is 11.5. The zero-order valence-electron chi connectivity index (χ0n) is 9.08. The highest BCUT2D eigenvalue weighted by Crippen LogP contribution is 2.33. The maximum absolute atomic E-state index is 13.0. The first-order chi connectivity index (χ1) is 7.70. The van der Waals surface area contributed by atoms with E-state index < -0.39 is 11.6 Å². The van der Waals surface area contributed by atoms with Gasteiger partial charge in [-0.15, -0.1) is 0 Å². The van der Waals surface area contributed by atoms with Crippen LogP contribution in [0.2, 0.25) is 0 Å². The normalized spacial score (nSPS) is 24.9. The minimum atomic E-state index is -0.832. The first-order valence-electron chi connectivity index (χ1n) is 5.42. The highest BCUT2D eigenvalue weighted by Gasteiger charge is 2.27. The Morgan fingerprint density at radius 3 is 2.81 bits per heavy atom. The Morgan fingerprint density at radius 1 is 1.31 bits per heavy atom. The minimum Gasteiger partial charge on any atom is -0.353 e. The fraction of sp³-hybridized carbons (Fsp3) is 0.500. The van der Waals surface area contributed by atoms with E-state index in [4.69, 9.17) is 9.47 Å². The highest BCUT2D eigenvalue weighted by atomic mass is 19.2. The molecule has 2 rings (SSSR count). The molecule has 0 amide bonds. The minimum absolute atomic E-state index is 0.188. The SMILES string of the molecule is CCOC1CCC(c2ccc(F)c(F)c2)O1. The largest absolute Gasteiger partial charge is 0.353 e. The first kappa shape index (κ1) is 11.5. The molecule has 1 aromatic carbocycles. The molecule has 1 saturated heterocycles. The molecule has 1 fully saturated rings. The van der Waals surface area contributed by atoms with Crippen molar-refractivity contribution in [3.05, 3.63) is 35.4 Å². The van der Waals surface area contributed by atoms with Crippen LogP contribution in [0.3, 0.4) is 0 Å². The van der Waals surface area contributed by atoms with Gasteiger partial charge in [0.25, 0.3) is 0 Å². The van der Waals surface area contributed by atoms with E-state index in [2.05, 4.69) is 0 Å². The standard InChI is InChI=1S/C12H14F2O2/c1-2-15-12-6-5-11(16-12)8-3-4-9(13)10(14)7-8/h3-4,7,11-12H,2,5-6H2,1H3. The third-order valence-corrected chi connectivity index (χ3v) is 2.65. The molecule has 0 aliphatic carbocycles. The van der Waals surface area contributed by atoms with Crippen molar-refractivity contribution in [3.63, 3.8) is 0 Å². The second kappa shape index (κ2) is 4.89. The van der Waals surface area contributed by atoms with Crippen LogP contribution in [0.4, 0.5) is 8.78 Å². The topological polar surface area (TPSA) is 18.5 Å². The fourth-order valence-corrected chi connectivity index (χ4v) is 1.87. The van der Waals surface area contributed by atoms with Gasteiger partial charge in [-0.1, -0.05) is 6.07 Å². The summed E-state index contributed by atoms with van der Waals surface area (Å²) in [6.45, 7) is 2.49. The van der Waals surface area contributed by atoms with Crippen LogP contribution in [-0.4, -0.2) is 12.9 Å². The Morgan fingerprint density at radius 2 is 2.12 bits per heavy atom. The van der Waals surface area contributed by atoms with Crippen LogP contribution < -0.4 is 0 Å². The summed E-state index contributed by atoms with van der Waals surface area (Å²) in [5.74, 6) is -1.66. The average molecular weight is 228 g/mol. The van der Waals surface area contributed by atoms with Gasteiger partial charge < -0.3 is 9.47 Å². The van der Waals surface area contributed by atoms with Crippen molar-refractivity contribution in [2.24, 2.45) is 0 Å². The van der Waals surface area contributed by atoms with Crippen molar-refractivity contribution in [1.29, 1.82) is 0 Å². The fourth-order valence-electron chi connectivity index (χ4n) is 1.87. The second-order valence-electron chi connectivity index (χ2n) is 3.76. The van der Waals surface area contributed by atoms with Gasteiger partial charge in [-0.2, -0.15) is 0 Å². The lowest BCUT2D eigenvalue weighted by atomic mass is 10.1. The van der Waals surface area contributed by atoms with E-state index in [1.807, 2.05) is 6.92 Å². The molecule has 16 heavy (non-hydrogen) atoms. The second-order valence-corrected chi connectivity index (χ2v) is 3.76. The molecule has 1 aliphatic heterocycles. The van der Waals surface area contributed by atoms with Crippen molar-refractivity contribution in [3.8, 4) is 0 Å². The van der Waals surface area contributed by atoms with E-state index in [-0.39, 0.29) is 12.4 Å². The zero-order valence-corrected chi connectivity index (χ0v) is 9.08. The third kappa shape index (κ3) is 2.39. The van der Waals surface area contributed by atoms with Crippen molar-refractivity contribution in [2.45, 2.75) is 32.2 Å². The molecule has 1 aliphatic rings. The Labute approximate surface area is 93.2 Å². The van der Waals surface area contributed by atoms with Crippen LogP contribution >= 0.6 is 0 Å². The molecule has 0 bridgehead atoms. The van der Waals surface area contributed by atoms with Crippen LogP contribution in [0.15, 0.2) is 18.2 Å². The van der Waals surface area contributed by atoms with Gasteiger partial charge in [0.15, 0.2) is 17.9 Å². The van der Waals surface area contributed by atoms with Gasteiger partial charge in [-0.05, 0) is 31.0 Å². The maximum Gasteiger partial charge on any atom is 0.159 e. The number of benzene rings is 1. The number of hydrogen-bond donors (Lipinski definition) is 0. The predicted molar refractivity (Wildman–Crippen MR) is 54.8 cm³/mol. The molecule has 0 aromatic heterocycles. The highest BCUT2D eigenvalue weighted by molar-refractivity contribution is 5.20. The van der Waals surface area contributed by atoms with Crippen LogP contribution in [0.1, 0.15) is 31.4 Å². The summed E-state index contributed by atoms with van der Waals surface area (Å²) < 4.78 is 36.6. The van der Waals surface area contributed by atoms with E-state index >= 15 is 0 Å². The molecule has 2 nitrogen and oxygen atoms in total. The maximum atomic E-state index is 13.0. The monoisotopic (exact) mass is 228 g/mol. The Kier molecular flexibility index (Phi) is 3.51. The lowest BCUT2D eigenvalue weighted by Gasteiger charge is -2.13. The molecular formula is C12H14F2O2. The summed E-state index contributed by atoms with van der Waals surface area (Å²) in [5, 5.41) is 0. The summed E-state index contributed by atoms with van der Waals surface area (Å²) in [4.78, 5) is 0. The predicted octanol–water partition coefficient (Wildman–Crippen LogP) is 3.18. The lowest BCUT2D eigenvalue weighted by molar-refractivity contribution is -0.131. The Hall–Kier alpha value is -1.00. The molecule has 88 valence electrons.